The molecule has 1 atom stereocenters. The normalized spacial score (nSPS) is 13.4. The SMILES string of the molecule is CCNC(CN(C)C(C)C)c1ccccc1C. The lowest BCUT2D eigenvalue weighted by molar-refractivity contribution is 0.243. The Kier molecular flexibility index (Phi) is 5.66. The summed E-state index contributed by atoms with van der Waals surface area (Å²) < 4.78 is 0. The molecule has 0 aliphatic heterocycles. The van der Waals surface area contributed by atoms with E-state index in [1.54, 1.807) is 0 Å². The van der Waals surface area contributed by atoms with Gasteiger partial charge in [-0.05, 0) is 45.5 Å². The predicted molar refractivity (Wildman–Crippen MR) is 75.4 cm³/mol. The van der Waals surface area contributed by atoms with Gasteiger partial charge in [-0.15, -0.1) is 0 Å². The van der Waals surface area contributed by atoms with E-state index in [4.69, 9.17) is 0 Å². The molecule has 0 spiro atoms. The first-order valence-corrected chi connectivity index (χ1v) is 6.55. The monoisotopic (exact) mass is 234 g/mol. The zero-order chi connectivity index (χ0) is 12.8. The van der Waals surface area contributed by atoms with Crippen LogP contribution in [0, 0.1) is 6.92 Å². The number of rotatable bonds is 6. The zero-order valence-electron chi connectivity index (χ0n) is 11.8. The summed E-state index contributed by atoms with van der Waals surface area (Å²) in [6.07, 6.45) is 0. The lowest BCUT2D eigenvalue weighted by atomic mass is 10.0. The summed E-state index contributed by atoms with van der Waals surface area (Å²) in [5.74, 6) is 0. The summed E-state index contributed by atoms with van der Waals surface area (Å²) in [6.45, 7) is 10.9. The quantitative estimate of drug-likeness (QED) is 0.814. The van der Waals surface area contributed by atoms with Crippen molar-refractivity contribution in [3.63, 3.8) is 0 Å². The first kappa shape index (κ1) is 14.2. The third kappa shape index (κ3) is 4.14. The summed E-state index contributed by atoms with van der Waals surface area (Å²) in [4.78, 5) is 2.39. The van der Waals surface area contributed by atoms with Crippen molar-refractivity contribution < 1.29 is 0 Å². The van der Waals surface area contributed by atoms with Crippen LogP contribution < -0.4 is 5.32 Å². The molecule has 0 aromatic heterocycles. The van der Waals surface area contributed by atoms with Gasteiger partial charge >= 0.3 is 0 Å². The smallest absolute Gasteiger partial charge is 0.0451 e. The molecule has 0 amide bonds. The standard InChI is InChI=1S/C15H26N2/c1-6-16-15(11-17(5)12(2)3)14-10-8-7-9-13(14)4/h7-10,12,15-16H,6,11H2,1-5H3. The highest BCUT2D eigenvalue weighted by Crippen LogP contribution is 2.18. The summed E-state index contributed by atoms with van der Waals surface area (Å²) in [5, 5.41) is 3.58. The van der Waals surface area contributed by atoms with Gasteiger partial charge in [0.05, 0.1) is 0 Å². The number of benzene rings is 1. The number of nitrogens with zero attached hydrogens (tertiary/aromatic N) is 1. The van der Waals surface area contributed by atoms with E-state index in [1.165, 1.54) is 11.1 Å². The lowest BCUT2D eigenvalue weighted by Crippen LogP contribution is -2.36. The minimum absolute atomic E-state index is 0.425. The second-order valence-corrected chi connectivity index (χ2v) is 5.00. The zero-order valence-corrected chi connectivity index (χ0v) is 11.8. The van der Waals surface area contributed by atoms with Crippen LogP contribution in [0.4, 0.5) is 0 Å². The first-order chi connectivity index (χ1) is 8.06. The van der Waals surface area contributed by atoms with Crippen molar-refractivity contribution in [2.75, 3.05) is 20.1 Å². The maximum absolute atomic E-state index is 3.58. The summed E-state index contributed by atoms with van der Waals surface area (Å²) in [7, 11) is 2.19. The molecule has 96 valence electrons. The largest absolute Gasteiger partial charge is 0.309 e. The summed E-state index contributed by atoms with van der Waals surface area (Å²) >= 11 is 0. The number of nitrogens with one attached hydrogen (secondary N) is 1. The van der Waals surface area contributed by atoms with Crippen molar-refractivity contribution in [2.24, 2.45) is 0 Å². The molecule has 0 aliphatic carbocycles. The Morgan fingerprint density at radius 2 is 1.88 bits per heavy atom. The van der Waals surface area contributed by atoms with E-state index in [-0.39, 0.29) is 0 Å². The van der Waals surface area contributed by atoms with Crippen LogP contribution in [0.2, 0.25) is 0 Å². The Balaban J connectivity index is 2.82. The van der Waals surface area contributed by atoms with E-state index in [0.29, 0.717) is 12.1 Å². The van der Waals surface area contributed by atoms with Crippen molar-refractivity contribution in [3.05, 3.63) is 35.4 Å². The van der Waals surface area contributed by atoms with Crippen LogP contribution in [0.5, 0.6) is 0 Å². The molecule has 1 N–H and O–H groups in total. The van der Waals surface area contributed by atoms with Crippen molar-refractivity contribution in [2.45, 2.75) is 39.8 Å². The van der Waals surface area contributed by atoms with Gasteiger partial charge in [-0.1, -0.05) is 31.2 Å². The Morgan fingerprint density at radius 1 is 1.24 bits per heavy atom. The molecule has 0 fully saturated rings. The van der Waals surface area contributed by atoms with E-state index in [2.05, 4.69) is 69.2 Å². The fourth-order valence-electron chi connectivity index (χ4n) is 2.00. The topological polar surface area (TPSA) is 15.3 Å². The second-order valence-electron chi connectivity index (χ2n) is 5.00. The van der Waals surface area contributed by atoms with Crippen LogP contribution in [0.25, 0.3) is 0 Å². The average molecular weight is 234 g/mol. The number of hydrogen-bond donors (Lipinski definition) is 1. The molecule has 1 rings (SSSR count). The van der Waals surface area contributed by atoms with E-state index in [9.17, 15) is 0 Å². The van der Waals surface area contributed by atoms with Gasteiger partial charge < -0.3 is 10.2 Å². The van der Waals surface area contributed by atoms with Gasteiger partial charge in [-0.25, -0.2) is 0 Å². The Morgan fingerprint density at radius 3 is 2.41 bits per heavy atom. The number of likely N-dealkylation sites (N-methyl/N-ethyl adjacent to an activating group) is 2. The fourth-order valence-corrected chi connectivity index (χ4v) is 2.00. The average Bonchev–Trinajstić information content (AvgIpc) is 2.29. The van der Waals surface area contributed by atoms with Crippen LogP contribution in [0.15, 0.2) is 24.3 Å². The highest BCUT2D eigenvalue weighted by molar-refractivity contribution is 5.29. The minimum Gasteiger partial charge on any atom is -0.309 e. The molecule has 1 aromatic rings. The lowest BCUT2D eigenvalue weighted by Gasteiger charge is -2.28. The van der Waals surface area contributed by atoms with Gasteiger partial charge in [0.2, 0.25) is 0 Å². The third-order valence-corrected chi connectivity index (χ3v) is 3.37. The van der Waals surface area contributed by atoms with Gasteiger partial charge in [0.15, 0.2) is 0 Å². The summed E-state index contributed by atoms with van der Waals surface area (Å²) in [5.41, 5.74) is 2.79. The predicted octanol–water partition coefficient (Wildman–Crippen LogP) is 2.99. The van der Waals surface area contributed by atoms with Crippen LogP contribution in [0.1, 0.15) is 37.9 Å². The maximum atomic E-state index is 3.58. The molecular weight excluding hydrogens is 208 g/mol. The number of aryl methyl sites for hydroxylation is 1. The van der Waals surface area contributed by atoms with Crippen molar-refractivity contribution >= 4 is 0 Å². The molecule has 17 heavy (non-hydrogen) atoms. The van der Waals surface area contributed by atoms with Crippen molar-refractivity contribution in [3.8, 4) is 0 Å². The van der Waals surface area contributed by atoms with E-state index in [1.807, 2.05) is 0 Å². The summed E-state index contributed by atoms with van der Waals surface area (Å²) in [6, 6.07) is 9.66. The van der Waals surface area contributed by atoms with Crippen LogP contribution in [0.3, 0.4) is 0 Å². The molecule has 2 heteroatoms. The highest BCUT2D eigenvalue weighted by Gasteiger charge is 2.15. The fraction of sp³-hybridized carbons (Fsp3) is 0.600. The molecule has 2 nitrogen and oxygen atoms in total. The Hall–Kier alpha value is -0.860. The molecule has 1 aromatic carbocycles. The van der Waals surface area contributed by atoms with Gasteiger partial charge in [-0.2, -0.15) is 0 Å². The van der Waals surface area contributed by atoms with E-state index in [0.717, 1.165) is 13.1 Å². The minimum atomic E-state index is 0.425. The van der Waals surface area contributed by atoms with Gasteiger partial charge in [0, 0.05) is 18.6 Å². The molecule has 1 unspecified atom stereocenters. The maximum Gasteiger partial charge on any atom is 0.0451 e. The molecular formula is C15H26N2. The van der Waals surface area contributed by atoms with Gasteiger partial charge in [-0.3, -0.25) is 0 Å². The Labute approximate surface area is 106 Å². The van der Waals surface area contributed by atoms with Crippen LogP contribution >= 0.6 is 0 Å². The second kappa shape index (κ2) is 6.77. The van der Waals surface area contributed by atoms with Gasteiger partial charge in [0.1, 0.15) is 0 Å². The van der Waals surface area contributed by atoms with E-state index < -0.39 is 0 Å². The molecule has 0 radical (unpaired) electrons. The van der Waals surface area contributed by atoms with Gasteiger partial charge in [0.25, 0.3) is 0 Å². The van der Waals surface area contributed by atoms with Crippen LogP contribution in [-0.4, -0.2) is 31.1 Å². The molecule has 0 heterocycles. The van der Waals surface area contributed by atoms with Crippen molar-refractivity contribution in [1.29, 1.82) is 0 Å². The van der Waals surface area contributed by atoms with E-state index >= 15 is 0 Å². The Bertz CT molecular complexity index is 333. The van der Waals surface area contributed by atoms with Crippen molar-refractivity contribution in [1.82, 2.24) is 10.2 Å². The van der Waals surface area contributed by atoms with Crippen LogP contribution in [-0.2, 0) is 0 Å². The number of hydrogen-bond acceptors (Lipinski definition) is 2. The molecule has 0 saturated heterocycles. The molecule has 0 aliphatic rings. The third-order valence-electron chi connectivity index (χ3n) is 3.37. The molecule has 0 saturated carbocycles. The highest BCUT2D eigenvalue weighted by atomic mass is 15.1. The first-order valence-electron chi connectivity index (χ1n) is 6.55. The molecule has 0 bridgehead atoms.